The maximum Gasteiger partial charge on any atom is 0.312 e. The number of nitriles is 1. The summed E-state index contributed by atoms with van der Waals surface area (Å²) in [6.45, 7) is 6.34. The molecule has 0 radical (unpaired) electrons. The van der Waals surface area contributed by atoms with Crippen LogP contribution < -0.4 is 4.74 Å². The Morgan fingerprint density at radius 3 is 2.21 bits per heavy atom. The molecule has 0 aliphatic carbocycles. The molecule has 1 aromatic heterocycles. The van der Waals surface area contributed by atoms with Gasteiger partial charge in [-0.05, 0) is 55.0 Å². The summed E-state index contributed by atoms with van der Waals surface area (Å²) in [4.78, 5) is 21.3. The number of aryl methyl sites for hydroxylation is 1. The molecule has 0 saturated heterocycles. The van der Waals surface area contributed by atoms with Crippen LogP contribution in [0.1, 0.15) is 90.5 Å². The first-order valence-corrected chi connectivity index (χ1v) is 12.6. The molecule has 0 bridgehead atoms. The van der Waals surface area contributed by atoms with Gasteiger partial charge < -0.3 is 4.74 Å². The predicted molar refractivity (Wildman–Crippen MR) is 133 cm³/mol. The summed E-state index contributed by atoms with van der Waals surface area (Å²) in [5.74, 6) is 0.627. The molecule has 5 heteroatoms. The second-order valence-corrected chi connectivity index (χ2v) is 8.99. The van der Waals surface area contributed by atoms with Gasteiger partial charge in [-0.1, -0.05) is 65.7 Å². The van der Waals surface area contributed by atoms with E-state index in [1.807, 2.05) is 31.5 Å². The Kier molecular flexibility index (Phi) is 12.2. The number of hydrogen-bond acceptors (Lipinski definition) is 5. The lowest BCUT2D eigenvalue weighted by Crippen LogP contribution is -2.18. The van der Waals surface area contributed by atoms with Gasteiger partial charge in [0.15, 0.2) is 5.82 Å². The van der Waals surface area contributed by atoms with Crippen molar-refractivity contribution in [2.75, 3.05) is 0 Å². The van der Waals surface area contributed by atoms with Crippen LogP contribution in [0, 0.1) is 23.2 Å². The third-order valence-electron chi connectivity index (χ3n) is 6.10. The van der Waals surface area contributed by atoms with Crippen molar-refractivity contribution >= 4 is 5.97 Å². The lowest BCUT2D eigenvalue weighted by atomic mass is 9.89. The van der Waals surface area contributed by atoms with E-state index in [1.54, 1.807) is 12.1 Å². The van der Waals surface area contributed by atoms with E-state index in [1.165, 1.54) is 50.5 Å². The van der Waals surface area contributed by atoms with Crippen molar-refractivity contribution in [3.63, 3.8) is 0 Å². The minimum Gasteiger partial charge on any atom is -0.426 e. The number of hydrogen-bond donors (Lipinski definition) is 0. The van der Waals surface area contributed by atoms with Gasteiger partial charge >= 0.3 is 5.97 Å². The molecule has 1 aromatic carbocycles. The number of esters is 1. The zero-order valence-electron chi connectivity index (χ0n) is 20.6. The number of nitrogens with zero attached hydrogens (tertiary/aromatic N) is 3. The maximum absolute atomic E-state index is 12.3. The van der Waals surface area contributed by atoms with Crippen molar-refractivity contribution < 1.29 is 9.53 Å². The van der Waals surface area contributed by atoms with E-state index < -0.39 is 0 Å². The van der Waals surface area contributed by atoms with Gasteiger partial charge in [0, 0.05) is 18.0 Å². The summed E-state index contributed by atoms with van der Waals surface area (Å²) < 4.78 is 5.44. The third-order valence-corrected chi connectivity index (χ3v) is 6.10. The highest BCUT2D eigenvalue weighted by molar-refractivity contribution is 5.73. The van der Waals surface area contributed by atoms with Crippen LogP contribution in [0.25, 0.3) is 11.4 Å². The van der Waals surface area contributed by atoms with Gasteiger partial charge in [-0.2, -0.15) is 5.26 Å². The molecule has 2 unspecified atom stereocenters. The molecule has 1 heterocycles. The Hall–Kier alpha value is -2.74. The zero-order chi connectivity index (χ0) is 23.9. The summed E-state index contributed by atoms with van der Waals surface area (Å²) in [7, 11) is 0. The fraction of sp³-hybridized carbons (Fsp3) is 0.571. The molecule has 33 heavy (non-hydrogen) atoms. The van der Waals surface area contributed by atoms with Crippen molar-refractivity contribution in [3.05, 3.63) is 42.2 Å². The van der Waals surface area contributed by atoms with Gasteiger partial charge in [-0.25, -0.2) is 9.97 Å². The molecule has 2 rings (SSSR count). The summed E-state index contributed by atoms with van der Waals surface area (Å²) in [6, 6.07) is 9.46. The minimum atomic E-state index is -0.372. The number of carbonyl (C=O) groups excluding carboxylic acids is 1. The fourth-order valence-electron chi connectivity index (χ4n) is 3.97. The van der Waals surface area contributed by atoms with E-state index in [9.17, 15) is 10.1 Å². The molecular weight excluding hydrogens is 410 g/mol. The van der Waals surface area contributed by atoms with Gasteiger partial charge in [0.2, 0.25) is 0 Å². The monoisotopic (exact) mass is 449 g/mol. The highest BCUT2D eigenvalue weighted by Gasteiger charge is 2.21. The number of carbonyl (C=O) groups is 1. The lowest BCUT2D eigenvalue weighted by Gasteiger charge is -2.16. The Balaban J connectivity index is 1.81. The first-order valence-electron chi connectivity index (χ1n) is 12.6. The van der Waals surface area contributed by atoms with Crippen molar-refractivity contribution in [1.29, 1.82) is 5.26 Å². The Labute approximate surface area is 199 Å². The summed E-state index contributed by atoms with van der Waals surface area (Å²) in [5, 5.41) is 9.35. The van der Waals surface area contributed by atoms with E-state index in [0.29, 0.717) is 11.6 Å². The van der Waals surface area contributed by atoms with Crippen molar-refractivity contribution in [2.24, 2.45) is 11.8 Å². The van der Waals surface area contributed by atoms with Crippen LogP contribution >= 0.6 is 0 Å². The van der Waals surface area contributed by atoms with Gasteiger partial charge in [0.1, 0.15) is 5.75 Å². The van der Waals surface area contributed by atoms with E-state index in [2.05, 4.69) is 29.9 Å². The average molecular weight is 450 g/mol. The molecule has 0 spiro atoms. The topological polar surface area (TPSA) is 75.9 Å². The average Bonchev–Trinajstić information content (AvgIpc) is 2.83. The predicted octanol–water partition coefficient (Wildman–Crippen LogP) is 7.31. The molecule has 0 N–H and O–H groups in total. The zero-order valence-corrected chi connectivity index (χ0v) is 20.6. The second-order valence-electron chi connectivity index (χ2n) is 8.99. The van der Waals surface area contributed by atoms with Crippen LogP contribution in [0.5, 0.6) is 5.75 Å². The summed E-state index contributed by atoms with van der Waals surface area (Å²) >= 11 is 0. The van der Waals surface area contributed by atoms with Crippen LogP contribution in [0.3, 0.4) is 0 Å². The molecule has 178 valence electrons. The number of benzene rings is 1. The number of ether oxygens (including phenoxy) is 1. The lowest BCUT2D eigenvalue weighted by molar-refractivity contribution is -0.135. The molecule has 2 atom stereocenters. The maximum atomic E-state index is 12.3. The number of rotatable bonds is 15. The van der Waals surface area contributed by atoms with Crippen LogP contribution in [-0.2, 0) is 11.2 Å². The number of unbranched alkanes of at least 4 members (excludes halogenated alkanes) is 6. The van der Waals surface area contributed by atoms with Crippen LogP contribution in [-0.4, -0.2) is 15.9 Å². The first kappa shape index (κ1) is 26.5. The molecule has 0 fully saturated rings. The molecule has 5 nitrogen and oxygen atoms in total. The van der Waals surface area contributed by atoms with E-state index in [-0.39, 0.29) is 24.2 Å². The van der Waals surface area contributed by atoms with Gasteiger partial charge in [-0.15, -0.1) is 0 Å². The minimum absolute atomic E-state index is 0.114. The Morgan fingerprint density at radius 1 is 0.970 bits per heavy atom. The molecule has 0 saturated carbocycles. The third kappa shape index (κ3) is 9.74. The van der Waals surface area contributed by atoms with E-state index in [4.69, 9.17) is 4.74 Å². The molecule has 0 aliphatic heterocycles. The van der Waals surface area contributed by atoms with Gasteiger partial charge in [-0.3, -0.25) is 4.79 Å². The SMILES string of the molecule is CCCCCCCCCc1cnc(-c2ccc(OC(=O)CC(C#N)C(C)CCC)cc2)nc1. The second kappa shape index (κ2) is 15.2. The molecule has 0 aliphatic rings. The highest BCUT2D eigenvalue weighted by Crippen LogP contribution is 2.23. The van der Waals surface area contributed by atoms with E-state index in [0.717, 1.165) is 24.8 Å². The number of aromatic nitrogens is 2. The first-order chi connectivity index (χ1) is 16.1. The van der Waals surface area contributed by atoms with Crippen LogP contribution in [0.4, 0.5) is 0 Å². The van der Waals surface area contributed by atoms with Crippen LogP contribution in [0.2, 0.25) is 0 Å². The van der Waals surface area contributed by atoms with Crippen molar-refractivity contribution in [3.8, 4) is 23.2 Å². The van der Waals surface area contributed by atoms with Crippen LogP contribution in [0.15, 0.2) is 36.7 Å². The molecular formula is C28H39N3O2. The van der Waals surface area contributed by atoms with Crippen molar-refractivity contribution in [2.45, 2.75) is 91.4 Å². The quantitative estimate of drug-likeness (QED) is 0.162. The molecule has 2 aromatic rings. The van der Waals surface area contributed by atoms with Gasteiger partial charge in [0.05, 0.1) is 18.4 Å². The van der Waals surface area contributed by atoms with Gasteiger partial charge in [0.25, 0.3) is 0 Å². The van der Waals surface area contributed by atoms with E-state index >= 15 is 0 Å². The standard InChI is InChI=1S/C28H39N3O2/c1-4-6-7-8-9-10-11-13-23-20-30-28(31-21-23)24-14-16-26(17-15-24)33-27(32)18-25(19-29)22(3)12-5-2/h14-17,20-22,25H,4-13,18H2,1-3H3. The smallest absolute Gasteiger partial charge is 0.312 e. The summed E-state index contributed by atoms with van der Waals surface area (Å²) in [6.07, 6.45) is 16.0. The summed E-state index contributed by atoms with van der Waals surface area (Å²) in [5.41, 5.74) is 2.05. The fourth-order valence-corrected chi connectivity index (χ4v) is 3.97. The molecule has 0 amide bonds. The highest BCUT2D eigenvalue weighted by atomic mass is 16.5. The Bertz CT molecular complexity index is 856. The van der Waals surface area contributed by atoms with Crippen molar-refractivity contribution in [1.82, 2.24) is 9.97 Å². The largest absolute Gasteiger partial charge is 0.426 e. The Morgan fingerprint density at radius 2 is 1.61 bits per heavy atom. The normalized spacial score (nSPS) is 12.7.